The summed E-state index contributed by atoms with van der Waals surface area (Å²) in [5.74, 6) is -0.296. The lowest BCUT2D eigenvalue weighted by Crippen LogP contribution is -2.79. The number of benzene rings is 4. The number of hydrogen-bond donors (Lipinski definition) is 1. The lowest BCUT2D eigenvalue weighted by Gasteiger charge is -2.55. The van der Waals surface area contributed by atoms with Crippen LogP contribution in [0.4, 0.5) is 0 Å². The fourth-order valence-electron chi connectivity index (χ4n) is 8.39. The molecule has 0 bridgehead atoms. The van der Waals surface area contributed by atoms with Crippen LogP contribution in [0.1, 0.15) is 57.6 Å². The fourth-order valence-corrected chi connectivity index (χ4v) is 11.6. The molecule has 50 heavy (non-hydrogen) atoms. The molecule has 8 nitrogen and oxygen atoms in total. The fraction of sp³-hybridized carbons (Fsp3) is 0.390. The van der Waals surface area contributed by atoms with Crippen molar-refractivity contribution < 1.29 is 18.9 Å². The number of likely N-dealkylation sites (tertiary alicyclic amines) is 1. The van der Waals surface area contributed by atoms with Crippen LogP contribution in [0.25, 0.3) is 0 Å². The average Bonchev–Trinajstić information content (AvgIpc) is 3.63. The maximum atomic E-state index is 13.0. The van der Waals surface area contributed by atoms with Gasteiger partial charge in [0.25, 0.3) is 14.4 Å². The van der Waals surface area contributed by atoms with Gasteiger partial charge in [-0.05, 0) is 60.3 Å². The quantitative estimate of drug-likeness (QED) is 0.101. The van der Waals surface area contributed by atoms with E-state index in [0.29, 0.717) is 6.54 Å². The van der Waals surface area contributed by atoms with Crippen LogP contribution in [-0.2, 0) is 19.6 Å². The number of amides is 1. The normalized spacial score (nSPS) is 22.6. The molecule has 6 rings (SSSR count). The van der Waals surface area contributed by atoms with Crippen molar-refractivity contribution in [2.45, 2.75) is 95.0 Å². The van der Waals surface area contributed by atoms with Crippen LogP contribution in [0.3, 0.4) is 0 Å². The van der Waals surface area contributed by atoms with E-state index in [1.807, 2.05) is 24.3 Å². The molecular weight excluding hydrogens is 643 g/mol. The third-order valence-corrected chi connectivity index (χ3v) is 14.4. The van der Waals surface area contributed by atoms with Crippen LogP contribution in [0.15, 0.2) is 121 Å². The van der Waals surface area contributed by atoms with Gasteiger partial charge in [0.1, 0.15) is 23.8 Å². The third kappa shape index (κ3) is 6.67. The Morgan fingerprint density at radius 2 is 1.36 bits per heavy atom. The zero-order chi connectivity index (χ0) is 35.3. The molecule has 1 aliphatic heterocycles. The Bertz CT molecular complexity index is 1630. The lowest BCUT2D eigenvalue weighted by molar-refractivity contribution is -0.559. The second kappa shape index (κ2) is 15.4. The molecule has 0 radical (unpaired) electrons. The van der Waals surface area contributed by atoms with Crippen molar-refractivity contribution in [3.63, 3.8) is 0 Å². The number of ether oxygens (including phenoxy) is 1. The SMILES string of the molecule is CCC(CC)O[C@H]1[C@H](NC(C)=O)[C@@H]([N+](=O)[O-])[C@@H]1N1CCC[C@H]1C(O[Si](C)(c1ccccc1)c1ccccc1)(c1ccccc1)c1ccccc1. The minimum atomic E-state index is -3.00. The van der Waals surface area contributed by atoms with E-state index in [4.69, 9.17) is 9.16 Å². The van der Waals surface area contributed by atoms with Crippen LogP contribution in [0.2, 0.25) is 6.55 Å². The van der Waals surface area contributed by atoms with Crippen LogP contribution >= 0.6 is 0 Å². The Balaban J connectivity index is 1.57. The van der Waals surface area contributed by atoms with Gasteiger partial charge >= 0.3 is 0 Å². The van der Waals surface area contributed by atoms with Crippen molar-refractivity contribution in [1.29, 1.82) is 0 Å². The van der Waals surface area contributed by atoms with E-state index in [9.17, 15) is 14.9 Å². The summed E-state index contributed by atoms with van der Waals surface area (Å²) in [6.45, 7) is 8.48. The molecule has 0 unspecified atom stereocenters. The molecule has 4 aromatic rings. The van der Waals surface area contributed by atoms with Crippen LogP contribution in [0, 0.1) is 10.1 Å². The number of nitro groups is 1. The molecule has 4 aromatic carbocycles. The predicted octanol–water partition coefficient (Wildman–Crippen LogP) is 5.91. The molecule has 0 aromatic heterocycles. The van der Waals surface area contributed by atoms with Crippen LogP contribution in [0.5, 0.6) is 0 Å². The Kier molecular flexibility index (Phi) is 11.0. The monoisotopic (exact) mass is 691 g/mol. The minimum Gasteiger partial charge on any atom is -0.393 e. The topological polar surface area (TPSA) is 93.9 Å². The van der Waals surface area contributed by atoms with Gasteiger partial charge < -0.3 is 14.5 Å². The molecule has 1 amide bonds. The second-order valence-corrected chi connectivity index (χ2v) is 17.2. The van der Waals surface area contributed by atoms with E-state index in [1.54, 1.807) is 0 Å². The lowest BCUT2D eigenvalue weighted by atomic mass is 9.73. The van der Waals surface area contributed by atoms with E-state index < -0.39 is 38.1 Å². The number of carbonyl (C=O) groups is 1. The molecular formula is C41H49N3O5Si. The first-order chi connectivity index (χ1) is 24.2. The Morgan fingerprint density at radius 1 is 0.880 bits per heavy atom. The standard InChI is InChI=1S/C41H49N3O5Si/c1-5-33(6-2)48-40-37(42-30(3)45)38(44(46)47)39(40)43-29-19-28-36(43)41(31-20-11-7-12-21-31,32-22-13-8-14-23-32)49-50(4,34-24-15-9-16-25-34)35-26-17-10-18-27-35/h7-18,20-27,33,36-40H,5-6,19,28-29H2,1-4H3,(H,42,45)/t36-,37+,38+,39-,40-/m0/s1. The Hall–Kier alpha value is -4.15. The number of rotatable bonds is 14. The molecule has 1 saturated carbocycles. The first kappa shape index (κ1) is 35.7. The summed E-state index contributed by atoms with van der Waals surface area (Å²) in [5.41, 5.74) is 0.994. The smallest absolute Gasteiger partial charge is 0.254 e. The van der Waals surface area contributed by atoms with Crippen molar-refractivity contribution >= 4 is 24.6 Å². The van der Waals surface area contributed by atoms with Crippen molar-refractivity contribution in [1.82, 2.24) is 10.2 Å². The van der Waals surface area contributed by atoms with Gasteiger partial charge in [-0.25, -0.2) is 0 Å². The summed E-state index contributed by atoms with van der Waals surface area (Å²) in [6, 6.07) is 39.2. The summed E-state index contributed by atoms with van der Waals surface area (Å²) < 4.78 is 14.8. The highest BCUT2D eigenvalue weighted by atomic mass is 28.4. The number of nitrogens with zero attached hydrogens (tertiary/aromatic N) is 2. The molecule has 5 atom stereocenters. The summed E-state index contributed by atoms with van der Waals surface area (Å²) in [5, 5.41) is 18.1. The maximum Gasteiger partial charge on any atom is 0.254 e. The van der Waals surface area contributed by atoms with E-state index in [1.165, 1.54) is 6.92 Å². The maximum absolute atomic E-state index is 13.0. The van der Waals surface area contributed by atoms with Gasteiger partial charge in [0.2, 0.25) is 5.91 Å². The molecule has 1 N–H and O–H groups in total. The molecule has 0 spiro atoms. The van der Waals surface area contributed by atoms with Gasteiger partial charge in [-0.1, -0.05) is 135 Å². The predicted molar refractivity (Wildman–Crippen MR) is 200 cm³/mol. The third-order valence-electron chi connectivity index (χ3n) is 10.8. The molecule has 9 heteroatoms. The largest absolute Gasteiger partial charge is 0.393 e. The summed E-state index contributed by atoms with van der Waals surface area (Å²) in [6.07, 6.45) is 2.53. The number of nitrogens with one attached hydrogen (secondary N) is 1. The van der Waals surface area contributed by atoms with Crippen LogP contribution < -0.4 is 15.7 Å². The summed E-state index contributed by atoms with van der Waals surface area (Å²) in [7, 11) is -3.00. The zero-order valence-corrected chi connectivity index (χ0v) is 30.5. The van der Waals surface area contributed by atoms with Gasteiger partial charge in [0.15, 0.2) is 0 Å². The average molecular weight is 692 g/mol. The highest BCUT2D eigenvalue weighted by molar-refractivity contribution is 6.96. The first-order valence-electron chi connectivity index (χ1n) is 18.0. The molecule has 2 aliphatic rings. The van der Waals surface area contributed by atoms with Crippen LogP contribution in [-0.4, -0.2) is 67.0 Å². The van der Waals surface area contributed by atoms with Crippen molar-refractivity contribution in [2.24, 2.45) is 0 Å². The number of hydrogen-bond acceptors (Lipinski definition) is 6. The van der Waals surface area contributed by atoms with Gasteiger partial charge in [-0.3, -0.25) is 19.8 Å². The van der Waals surface area contributed by atoms with Gasteiger partial charge in [0, 0.05) is 17.9 Å². The van der Waals surface area contributed by atoms with E-state index in [0.717, 1.165) is 47.2 Å². The Labute approximate surface area is 297 Å². The highest BCUT2D eigenvalue weighted by Crippen LogP contribution is 2.48. The summed E-state index contributed by atoms with van der Waals surface area (Å²) in [4.78, 5) is 27.5. The zero-order valence-electron chi connectivity index (χ0n) is 29.5. The molecule has 1 saturated heterocycles. The minimum absolute atomic E-state index is 0.0800. The number of carbonyl (C=O) groups excluding carboxylic acids is 1. The van der Waals surface area contributed by atoms with Crippen molar-refractivity contribution in [3.05, 3.63) is 143 Å². The van der Waals surface area contributed by atoms with E-state index >= 15 is 0 Å². The summed E-state index contributed by atoms with van der Waals surface area (Å²) >= 11 is 0. The molecule has 1 heterocycles. The van der Waals surface area contributed by atoms with Gasteiger partial charge in [0.05, 0.1) is 6.10 Å². The van der Waals surface area contributed by atoms with Gasteiger partial charge in [-0.15, -0.1) is 0 Å². The second-order valence-electron chi connectivity index (χ2n) is 13.8. The van der Waals surface area contributed by atoms with E-state index in [2.05, 4.69) is 128 Å². The van der Waals surface area contributed by atoms with E-state index in [-0.39, 0.29) is 23.0 Å². The highest BCUT2D eigenvalue weighted by Gasteiger charge is 2.66. The van der Waals surface area contributed by atoms with Crippen molar-refractivity contribution in [3.8, 4) is 0 Å². The molecule has 1 aliphatic carbocycles. The first-order valence-corrected chi connectivity index (χ1v) is 20.4. The molecule has 2 fully saturated rings. The Morgan fingerprint density at radius 3 is 1.80 bits per heavy atom. The van der Waals surface area contributed by atoms with Gasteiger partial charge in [-0.2, -0.15) is 0 Å². The molecule has 262 valence electrons. The van der Waals surface area contributed by atoms with Crippen molar-refractivity contribution in [2.75, 3.05) is 6.54 Å².